The predicted octanol–water partition coefficient (Wildman–Crippen LogP) is 2.42. The number of hydrogen-bond acceptors (Lipinski definition) is 3. The van der Waals surface area contributed by atoms with Crippen LogP contribution in [0.15, 0.2) is 28.4 Å². The minimum Gasteiger partial charge on any atom is -0.490 e. The highest BCUT2D eigenvalue weighted by Gasteiger charge is 2.22. The first-order chi connectivity index (χ1) is 8.95. The SMILES string of the molecule is CC(C)Oc1ccc(/C=C2\NC(=O)NC2=O)cc1Br. The fraction of sp³-hybridized carbons (Fsp3) is 0.231. The number of benzene rings is 1. The molecule has 0 saturated carbocycles. The highest BCUT2D eigenvalue weighted by Crippen LogP contribution is 2.27. The van der Waals surface area contributed by atoms with Crippen molar-refractivity contribution in [3.8, 4) is 5.75 Å². The highest BCUT2D eigenvalue weighted by atomic mass is 79.9. The number of ether oxygens (including phenoxy) is 1. The molecular formula is C13H13BrN2O3. The Morgan fingerprint density at radius 1 is 1.26 bits per heavy atom. The summed E-state index contributed by atoms with van der Waals surface area (Å²) in [5, 5.41) is 4.58. The van der Waals surface area contributed by atoms with Gasteiger partial charge in [-0.1, -0.05) is 6.07 Å². The van der Waals surface area contributed by atoms with Crippen molar-refractivity contribution >= 4 is 33.9 Å². The van der Waals surface area contributed by atoms with E-state index in [0.29, 0.717) is 0 Å². The van der Waals surface area contributed by atoms with E-state index in [0.717, 1.165) is 15.8 Å². The molecule has 100 valence electrons. The zero-order chi connectivity index (χ0) is 14.0. The molecule has 2 rings (SSSR count). The summed E-state index contributed by atoms with van der Waals surface area (Å²) in [4.78, 5) is 22.4. The van der Waals surface area contributed by atoms with E-state index in [4.69, 9.17) is 4.74 Å². The molecular weight excluding hydrogens is 312 g/mol. The zero-order valence-corrected chi connectivity index (χ0v) is 12.1. The zero-order valence-electron chi connectivity index (χ0n) is 10.5. The van der Waals surface area contributed by atoms with Gasteiger partial charge in [0.1, 0.15) is 11.4 Å². The summed E-state index contributed by atoms with van der Waals surface area (Å²) in [6.07, 6.45) is 1.69. The molecule has 1 aromatic rings. The van der Waals surface area contributed by atoms with Gasteiger partial charge in [-0.3, -0.25) is 10.1 Å². The smallest absolute Gasteiger partial charge is 0.326 e. The predicted molar refractivity (Wildman–Crippen MR) is 74.6 cm³/mol. The summed E-state index contributed by atoms with van der Waals surface area (Å²) in [6, 6.07) is 4.94. The molecule has 19 heavy (non-hydrogen) atoms. The average Bonchev–Trinajstić information content (AvgIpc) is 2.61. The molecule has 6 heteroatoms. The summed E-state index contributed by atoms with van der Waals surface area (Å²) < 4.78 is 6.38. The average molecular weight is 325 g/mol. The van der Waals surface area contributed by atoms with E-state index in [1.54, 1.807) is 6.08 Å². The lowest BCUT2D eigenvalue weighted by Gasteiger charge is -2.11. The molecule has 1 heterocycles. The van der Waals surface area contributed by atoms with Crippen molar-refractivity contribution < 1.29 is 14.3 Å². The van der Waals surface area contributed by atoms with Gasteiger partial charge in [-0.2, -0.15) is 0 Å². The second kappa shape index (κ2) is 5.44. The van der Waals surface area contributed by atoms with Crippen LogP contribution in [0.5, 0.6) is 5.75 Å². The van der Waals surface area contributed by atoms with Gasteiger partial charge in [-0.05, 0) is 53.5 Å². The van der Waals surface area contributed by atoms with Gasteiger partial charge in [0.25, 0.3) is 5.91 Å². The summed E-state index contributed by atoms with van der Waals surface area (Å²) >= 11 is 3.41. The molecule has 1 saturated heterocycles. The molecule has 1 fully saturated rings. The van der Waals surface area contributed by atoms with Crippen molar-refractivity contribution in [1.82, 2.24) is 10.6 Å². The van der Waals surface area contributed by atoms with Crippen LogP contribution in [0.3, 0.4) is 0 Å². The fourth-order valence-corrected chi connectivity index (χ4v) is 2.10. The topological polar surface area (TPSA) is 67.4 Å². The van der Waals surface area contributed by atoms with E-state index in [9.17, 15) is 9.59 Å². The van der Waals surface area contributed by atoms with Crippen LogP contribution in [-0.2, 0) is 4.79 Å². The Bertz CT molecular complexity index is 567. The van der Waals surface area contributed by atoms with E-state index in [1.807, 2.05) is 32.0 Å². The van der Waals surface area contributed by atoms with E-state index in [1.165, 1.54) is 0 Å². The Morgan fingerprint density at radius 2 is 2.00 bits per heavy atom. The van der Waals surface area contributed by atoms with Crippen LogP contribution in [0.4, 0.5) is 4.79 Å². The van der Waals surface area contributed by atoms with Crippen LogP contribution in [0, 0.1) is 0 Å². The van der Waals surface area contributed by atoms with Crippen molar-refractivity contribution in [1.29, 1.82) is 0 Å². The summed E-state index contributed by atoms with van der Waals surface area (Å²) in [5.74, 6) is 0.306. The lowest BCUT2D eigenvalue weighted by molar-refractivity contribution is -0.115. The molecule has 0 spiro atoms. The number of halogens is 1. The van der Waals surface area contributed by atoms with Crippen LogP contribution < -0.4 is 15.4 Å². The van der Waals surface area contributed by atoms with Gasteiger partial charge in [0, 0.05) is 0 Å². The summed E-state index contributed by atoms with van der Waals surface area (Å²) in [5.41, 5.74) is 1.02. The first-order valence-electron chi connectivity index (χ1n) is 5.76. The summed E-state index contributed by atoms with van der Waals surface area (Å²) in [6.45, 7) is 3.89. The van der Waals surface area contributed by atoms with Gasteiger partial charge in [0.15, 0.2) is 0 Å². The lowest BCUT2D eigenvalue weighted by atomic mass is 10.2. The third-order valence-electron chi connectivity index (χ3n) is 2.35. The van der Waals surface area contributed by atoms with Crippen LogP contribution in [0.25, 0.3) is 6.08 Å². The fourth-order valence-electron chi connectivity index (χ4n) is 1.61. The van der Waals surface area contributed by atoms with Gasteiger partial charge in [-0.15, -0.1) is 0 Å². The maximum atomic E-state index is 11.4. The number of nitrogens with one attached hydrogen (secondary N) is 2. The lowest BCUT2D eigenvalue weighted by Crippen LogP contribution is -2.22. The monoisotopic (exact) mass is 324 g/mol. The Labute approximate surface area is 119 Å². The van der Waals surface area contributed by atoms with Crippen molar-refractivity contribution in [2.75, 3.05) is 0 Å². The number of hydrogen-bond donors (Lipinski definition) is 2. The molecule has 5 nitrogen and oxygen atoms in total. The Kier molecular flexibility index (Phi) is 3.90. The third-order valence-corrected chi connectivity index (χ3v) is 2.97. The Morgan fingerprint density at radius 3 is 2.53 bits per heavy atom. The van der Waals surface area contributed by atoms with Crippen molar-refractivity contribution in [2.24, 2.45) is 0 Å². The quantitative estimate of drug-likeness (QED) is 0.662. The first-order valence-corrected chi connectivity index (χ1v) is 6.55. The van der Waals surface area contributed by atoms with Crippen LogP contribution >= 0.6 is 15.9 Å². The van der Waals surface area contributed by atoms with Crippen molar-refractivity contribution in [3.05, 3.63) is 33.9 Å². The van der Waals surface area contributed by atoms with Crippen LogP contribution in [0.1, 0.15) is 19.4 Å². The third kappa shape index (κ3) is 3.35. The molecule has 1 aromatic carbocycles. The van der Waals surface area contributed by atoms with E-state index in [-0.39, 0.29) is 11.8 Å². The molecule has 0 atom stereocenters. The van der Waals surface area contributed by atoms with Crippen molar-refractivity contribution in [2.45, 2.75) is 20.0 Å². The standard InChI is InChI=1S/C13H13BrN2O3/c1-7(2)19-11-4-3-8(5-9(11)14)6-10-12(17)16-13(18)15-10/h3-7H,1-2H3,(H2,15,16,17,18)/b10-6-. The van der Waals surface area contributed by atoms with Gasteiger partial charge in [-0.25, -0.2) is 4.79 Å². The molecule has 0 aromatic heterocycles. The molecule has 1 aliphatic heterocycles. The maximum absolute atomic E-state index is 11.4. The largest absolute Gasteiger partial charge is 0.490 e. The van der Waals surface area contributed by atoms with Gasteiger partial charge >= 0.3 is 6.03 Å². The number of amides is 3. The van der Waals surface area contributed by atoms with E-state index in [2.05, 4.69) is 26.6 Å². The Hall–Kier alpha value is -1.82. The molecule has 0 aliphatic carbocycles. The molecule has 2 N–H and O–H groups in total. The Balaban J connectivity index is 2.23. The normalized spacial score (nSPS) is 16.7. The van der Waals surface area contributed by atoms with E-state index < -0.39 is 11.9 Å². The molecule has 1 aliphatic rings. The number of carbonyl (C=O) groups is 2. The van der Waals surface area contributed by atoms with Crippen LogP contribution in [-0.4, -0.2) is 18.0 Å². The first kappa shape index (κ1) is 13.6. The number of carbonyl (C=O) groups excluding carboxylic acids is 2. The van der Waals surface area contributed by atoms with Crippen LogP contribution in [0.2, 0.25) is 0 Å². The van der Waals surface area contributed by atoms with Gasteiger partial charge < -0.3 is 10.1 Å². The second-order valence-corrected chi connectivity index (χ2v) is 5.18. The number of urea groups is 1. The highest BCUT2D eigenvalue weighted by molar-refractivity contribution is 9.10. The van der Waals surface area contributed by atoms with E-state index >= 15 is 0 Å². The van der Waals surface area contributed by atoms with Gasteiger partial charge in [0.2, 0.25) is 0 Å². The maximum Gasteiger partial charge on any atom is 0.326 e. The minimum absolute atomic E-state index is 0.0837. The molecule has 3 amide bonds. The summed E-state index contributed by atoms with van der Waals surface area (Å²) in [7, 11) is 0. The minimum atomic E-state index is -0.505. The van der Waals surface area contributed by atoms with Crippen molar-refractivity contribution in [3.63, 3.8) is 0 Å². The van der Waals surface area contributed by atoms with Gasteiger partial charge in [0.05, 0.1) is 10.6 Å². The molecule has 0 unspecified atom stereocenters. The number of rotatable bonds is 3. The number of imide groups is 1. The second-order valence-electron chi connectivity index (χ2n) is 4.32. The molecule has 0 bridgehead atoms. The molecule has 0 radical (unpaired) electrons.